The van der Waals surface area contributed by atoms with Gasteiger partial charge in [-0.25, -0.2) is 14.4 Å². The van der Waals surface area contributed by atoms with E-state index in [9.17, 15) is 28.8 Å². The van der Waals surface area contributed by atoms with Crippen molar-refractivity contribution in [2.75, 3.05) is 21.1 Å². The van der Waals surface area contributed by atoms with Crippen LogP contribution in [0.2, 0.25) is 0 Å². The second kappa shape index (κ2) is 18.3. The molecule has 0 aliphatic carbocycles. The monoisotopic (exact) mass is 701 g/mol. The molecule has 280 valence electrons. The van der Waals surface area contributed by atoms with Gasteiger partial charge in [-0.05, 0) is 35.7 Å². The summed E-state index contributed by atoms with van der Waals surface area (Å²) in [6.07, 6.45) is -3.38. The van der Waals surface area contributed by atoms with Crippen molar-refractivity contribution >= 4 is 35.6 Å². The number of hydrogen-bond donors (Lipinski definition) is 0. The van der Waals surface area contributed by atoms with Gasteiger partial charge in [-0.1, -0.05) is 99.6 Å². The first-order valence-corrected chi connectivity index (χ1v) is 17.7. The van der Waals surface area contributed by atoms with Gasteiger partial charge in [-0.15, -0.1) is 0 Å². The summed E-state index contributed by atoms with van der Waals surface area (Å²) >= 11 is 0. The lowest BCUT2D eigenvalue weighted by molar-refractivity contribution is -0.181. The van der Waals surface area contributed by atoms with Gasteiger partial charge < -0.3 is 28.9 Å². The van der Waals surface area contributed by atoms with Crippen LogP contribution in [0.15, 0.2) is 30.3 Å². The number of ether oxygens (including phenoxy) is 3. The first-order chi connectivity index (χ1) is 23.3. The highest BCUT2D eigenvalue weighted by Gasteiger charge is 2.45. The number of esters is 3. The molecule has 1 aliphatic rings. The van der Waals surface area contributed by atoms with Crippen molar-refractivity contribution in [1.29, 1.82) is 0 Å². The number of cyclic esters (lactones) is 3. The Hall–Kier alpha value is -3.96. The van der Waals surface area contributed by atoms with E-state index in [0.717, 1.165) is 5.56 Å². The summed E-state index contributed by atoms with van der Waals surface area (Å²) < 4.78 is 17.8. The molecule has 1 saturated heterocycles. The largest absolute Gasteiger partial charge is 0.450 e. The zero-order valence-corrected chi connectivity index (χ0v) is 32.2. The van der Waals surface area contributed by atoms with Gasteiger partial charge in [0.2, 0.25) is 0 Å². The van der Waals surface area contributed by atoms with Crippen molar-refractivity contribution in [2.45, 2.75) is 119 Å². The summed E-state index contributed by atoms with van der Waals surface area (Å²) in [6, 6.07) is 5.60. The van der Waals surface area contributed by atoms with Crippen molar-refractivity contribution < 1.29 is 43.0 Å². The fourth-order valence-electron chi connectivity index (χ4n) is 6.16. The second-order valence-electron chi connectivity index (χ2n) is 14.9. The topological polar surface area (TPSA) is 140 Å². The number of rotatable bonds is 8. The van der Waals surface area contributed by atoms with E-state index in [4.69, 9.17) is 14.2 Å². The van der Waals surface area contributed by atoms with Gasteiger partial charge >= 0.3 is 17.9 Å². The lowest BCUT2D eigenvalue weighted by Gasteiger charge is -2.38. The minimum atomic E-state index is -1.31. The molecule has 7 atom stereocenters. The lowest BCUT2D eigenvalue weighted by Crippen LogP contribution is -2.57. The third-order valence-corrected chi connectivity index (χ3v) is 9.47. The van der Waals surface area contributed by atoms with Gasteiger partial charge in [0, 0.05) is 33.5 Å². The summed E-state index contributed by atoms with van der Waals surface area (Å²) in [5, 5.41) is 0. The van der Waals surface area contributed by atoms with Crippen molar-refractivity contribution in [2.24, 2.45) is 29.6 Å². The van der Waals surface area contributed by atoms with E-state index < -0.39 is 102 Å². The van der Waals surface area contributed by atoms with Gasteiger partial charge in [-0.2, -0.15) is 0 Å². The number of carbonyl (C=O) groups is 6. The molecule has 3 amide bonds. The van der Waals surface area contributed by atoms with Gasteiger partial charge in [0.1, 0.15) is 18.1 Å². The number of nitrogens with zero attached hydrogens (tertiary/aromatic N) is 3. The molecular formula is C38H59N3O9. The number of carbonyl (C=O) groups excluding carboxylic acids is 6. The molecule has 0 bridgehead atoms. The third-order valence-electron chi connectivity index (χ3n) is 9.47. The molecule has 1 aromatic carbocycles. The fraction of sp³-hybridized carbons (Fsp3) is 0.684. The molecule has 1 aliphatic heterocycles. The van der Waals surface area contributed by atoms with E-state index >= 15 is 0 Å². The summed E-state index contributed by atoms with van der Waals surface area (Å²) in [6.45, 7) is 17.4. The van der Waals surface area contributed by atoms with Gasteiger partial charge in [0.25, 0.3) is 17.7 Å². The predicted molar refractivity (Wildman–Crippen MR) is 188 cm³/mol. The molecule has 1 heterocycles. The van der Waals surface area contributed by atoms with E-state index in [2.05, 4.69) is 0 Å². The highest BCUT2D eigenvalue weighted by atomic mass is 16.6. The molecular weight excluding hydrogens is 642 g/mol. The maximum Gasteiger partial charge on any atom is 0.329 e. The van der Waals surface area contributed by atoms with Gasteiger partial charge in [0.15, 0.2) is 18.3 Å². The van der Waals surface area contributed by atoms with E-state index in [-0.39, 0.29) is 6.42 Å². The molecule has 0 N–H and O–H groups in total. The molecule has 1 aromatic rings. The first kappa shape index (κ1) is 42.2. The molecule has 12 heteroatoms. The lowest BCUT2D eigenvalue weighted by atomic mass is 9.97. The average Bonchev–Trinajstić information content (AvgIpc) is 3.05. The Morgan fingerprint density at radius 2 is 0.920 bits per heavy atom. The molecule has 0 saturated carbocycles. The molecule has 0 radical (unpaired) electrons. The van der Waals surface area contributed by atoms with Crippen LogP contribution >= 0.6 is 0 Å². The van der Waals surface area contributed by atoms with Crippen LogP contribution in [0.5, 0.6) is 0 Å². The Kier molecular flexibility index (Phi) is 15.5. The van der Waals surface area contributed by atoms with E-state index in [1.54, 1.807) is 62.3 Å². The molecule has 0 unspecified atom stereocenters. The zero-order valence-electron chi connectivity index (χ0n) is 32.2. The quantitative estimate of drug-likeness (QED) is 0.289. The van der Waals surface area contributed by atoms with Crippen LogP contribution in [0.3, 0.4) is 0 Å². The minimum Gasteiger partial charge on any atom is -0.450 e. The number of hydrogen-bond acceptors (Lipinski definition) is 9. The average molecular weight is 702 g/mol. The fourth-order valence-corrected chi connectivity index (χ4v) is 6.16. The van der Waals surface area contributed by atoms with E-state index in [1.807, 2.05) is 37.3 Å². The van der Waals surface area contributed by atoms with Gasteiger partial charge in [0.05, 0.1) is 0 Å². The molecule has 12 nitrogen and oxygen atoms in total. The maximum absolute atomic E-state index is 14.3. The van der Waals surface area contributed by atoms with Crippen LogP contribution < -0.4 is 0 Å². The van der Waals surface area contributed by atoms with Crippen molar-refractivity contribution in [3.8, 4) is 0 Å². The number of likely N-dealkylation sites (N-methyl/N-ethyl adjacent to an activating group) is 3. The Morgan fingerprint density at radius 1 is 0.540 bits per heavy atom. The normalized spacial score (nSPS) is 26.3. The maximum atomic E-state index is 14.3. The molecule has 2 rings (SSSR count). The Balaban J connectivity index is 2.83. The van der Waals surface area contributed by atoms with Crippen LogP contribution in [0.4, 0.5) is 0 Å². The summed E-state index contributed by atoms with van der Waals surface area (Å²) in [5.41, 5.74) is 0.736. The van der Waals surface area contributed by atoms with Crippen LogP contribution in [-0.2, 0) is 49.4 Å². The van der Waals surface area contributed by atoms with Crippen molar-refractivity contribution in [1.82, 2.24) is 14.7 Å². The standard InChI is InChI=1S/C38H59N3O9/c1-14-25(10)32-35(44)39(11)27(20-26-18-16-15-17-19-26)36(45)48-30(23(6)7)33(42)40(12)28(21(2)3)37(46)49-31(24(8)9)34(43)41(13)29(22(4)5)38(47)50-32/h15-19,21-25,27-32H,14,20H2,1-13H3/t25-,27-,28-,29-,30+,31+,32+/m0/s1. The van der Waals surface area contributed by atoms with Crippen LogP contribution in [-0.4, -0.2) is 108 Å². The molecule has 50 heavy (non-hydrogen) atoms. The summed E-state index contributed by atoms with van der Waals surface area (Å²) in [7, 11) is 4.33. The predicted octanol–water partition coefficient (Wildman–Crippen LogP) is 4.13. The Bertz CT molecular complexity index is 1350. The van der Waals surface area contributed by atoms with Crippen LogP contribution in [0.25, 0.3) is 0 Å². The second-order valence-corrected chi connectivity index (χ2v) is 14.9. The summed E-state index contributed by atoms with van der Waals surface area (Å²) in [5.74, 6) is -6.67. The van der Waals surface area contributed by atoms with Gasteiger partial charge in [-0.3, -0.25) is 14.4 Å². The Labute approximate surface area is 298 Å². The summed E-state index contributed by atoms with van der Waals surface area (Å²) in [4.78, 5) is 88.0. The molecule has 0 aromatic heterocycles. The Morgan fingerprint density at radius 3 is 1.30 bits per heavy atom. The highest BCUT2D eigenvalue weighted by Crippen LogP contribution is 2.25. The number of benzene rings is 1. The zero-order chi connectivity index (χ0) is 38.2. The van der Waals surface area contributed by atoms with Crippen LogP contribution in [0, 0.1) is 29.6 Å². The first-order valence-electron chi connectivity index (χ1n) is 17.7. The minimum absolute atomic E-state index is 0.0569. The molecule has 0 spiro atoms. The van der Waals surface area contributed by atoms with Crippen molar-refractivity contribution in [3.05, 3.63) is 35.9 Å². The number of amides is 3. The van der Waals surface area contributed by atoms with E-state index in [0.29, 0.717) is 6.42 Å². The molecule has 1 fully saturated rings. The van der Waals surface area contributed by atoms with Crippen LogP contribution in [0.1, 0.15) is 81.2 Å². The SMILES string of the molecule is CC[C@H](C)[C@H]1OC(=O)[C@H](C(C)C)N(C)C(=O)[C@@H](C(C)C)OC(=O)[C@H](C(C)C)N(C)C(=O)[C@@H](C(C)C)OC(=O)[C@H](Cc2ccccc2)N(C)C1=O. The van der Waals surface area contributed by atoms with Crippen molar-refractivity contribution in [3.63, 3.8) is 0 Å². The third kappa shape index (κ3) is 10.1. The smallest absolute Gasteiger partial charge is 0.329 e. The highest BCUT2D eigenvalue weighted by molar-refractivity contribution is 5.94. The van der Waals surface area contributed by atoms with E-state index in [1.165, 1.54) is 35.8 Å².